The molecule has 0 atom stereocenters. The summed E-state index contributed by atoms with van der Waals surface area (Å²) in [6.07, 6.45) is 4.17. The van der Waals surface area contributed by atoms with Crippen LogP contribution in [-0.2, 0) is 10.1 Å². The normalized spacial score (nSPS) is 10.8. The van der Waals surface area contributed by atoms with Gasteiger partial charge in [0.1, 0.15) is 0 Å². The highest BCUT2D eigenvalue weighted by molar-refractivity contribution is 7.85. The Labute approximate surface area is 109 Å². The molecule has 0 saturated heterocycles. The number of hydrogen-bond donors (Lipinski definition) is 1. The van der Waals surface area contributed by atoms with Gasteiger partial charge in [-0.25, -0.2) is 0 Å². The van der Waals surface area contributed by atoms with E-state index < -0.39 is 10.1 Å². The van der Waals surface area contributed by atoms with E-state index in [0.717, 1.165) is 31.2 Å². The predicted octanol–water partition coefficient (Wildman–Crippen LogP) is 3.17. The summed E-state index contributed by atoms with van der Waals surface area (Å²) in [6, 6.07) is 4.45. The number of benzene rings is 1. The molecule has 0 aliphatic carbocycles. The van der Waals surface area contributed by atoms with Crippen molar-refractivity contribution < 1.29 is 13.0 Å². The Morgan fingerprint density at radius 2 is 2.00 bits per heavy atom. The van der Waals surface area contributed by atoms with Gasteiger partial charge in [-0.3, -0.25) is 4.55 Å². The zero-order chi connectivity index (χ0) is 13.6. The molecule has 18 heavy (non-hydrogen) atoms. The van der Waals surface area contributed by atoms with Crippen LogP contribution in [0.25, 0.3) is 0 Å². The molecule has 0 aliphatic rings. The van der Waals surface area contributed by atoms with Crippen molar-refractivity contribution in [1.82, 2.24) is 0 Å². The quantitative estimate of drug-likeness (QED) is 0.517. The van der Waals surface area contributed by atoms with Gasteiger partial charge in [-0.2, -0.15) is 8.42 Å². The highest BCUT2D eigenvalue weighted by atomic mass is 32.2. The van der Waals surface area contributed by atoms with Gasteiger partial charge in [0, 0.05) is 12.0 Å². The smallest absolute Gasteiger partial charge is 0.282 e. The average molecular weight is 266 g/mol. The highest BCUT2D eigenvalue weighted by Gasteiger charge is 2.10. The Bertz CT molecular complexity index is 562. The van der Waals surface area contributed by atoms with Crippen LogP contribution in [-0.4, -0.2) is 13.0 Å². The summed E-state index contributed by atoms with van der Waals surface area (Å²) in [5.41, 5.74) is 1.56. The maximum Gasteiger partial charge on any atom is 0.294 e. The molecule has 0 unspecified atom stereocenters. The van der Waals surface area contributed by atoms with Crippen molar-refractivity contribution in [2.45, 2.75) is 44.4 Å². The Morgan fingerprint density at radius 1 is 1.28 bits per heavy atom. The summed E-state index contributed by atoms with van der Waals surface area (Å²) >= 11 is 0. The van der Waals surface area contributed by atoms with Crippen LogP contribution in [0.1, 0.15) is 43.7 Å². The van der Waals surface area contributed by atoms with Gasteiger partial charge >= 0.3 is 0 Å². The summed E-state index contributed by atoms with van der Waals surface area (Å²) < 4.78 is 31.0. The van der Waals surface area contributed by atoms with Crippen molar-refractivity contribution in [1.29, 1.82) is 0 Å². The lowest BCUT2D eigenvalue weighted by Gasteiger charge is -2.01. The summed E-state index contributed by atoms with van der Waals surface area (Å²) in [7, 11) is -4.15. The van der Waals surface area contributed by atoms with Gasteiger partial charge in [0.2, 0.25) is 0 Å². The first-order valence-electron chi connectivity index (χ1n) is 6.02. The van der Waals surface area contributed by atoms with Crippen LogP contribution < -0.4 is 0 Å². The number of rotatable bonds is 4. The second kappa shape index (κ2) is 6.58. The molecule has 4 heteroatoms. The minimum absolute atomic E-state index is 0.106. The van der Waals surface area contributed by atoms with Gasteiger partial charge in [0.25, 0.3) is 10.1 Å². The molecular weight excluding hydrogens is 248 g/mol. The molecule has 0 saturated carbocycles. The average Bonchev–Trinajstić information content (AvgIpc) is 2.29. The number of aryl methyl sites for hydroxylation is 1. The molecule has 1 aromatic rings. The summed E-state index contributed by atoms with van der Waals surface area (Å²) in [6.45, 7) is 4.00. The summed E-state index contributed by atoms with van der Waals surface area (Å²) in [5.74, 6) is 5.99. The fraction of sp³-hybridized carbons (Fsp3) is 0.429. The van der Waals surface area contributed by atoms with Crippen molar-refractivity contribution in [3.63, 3.8) is 0 Å². The van der Waals surface area contributed by atoms with Gasteiger partial charge in [-0.15, -0.1) is 0 Å². The molecule has 0 aliphatic heterocycles. The van der Waals surface area contributed by atoms with Crippen molar-refractivity contribution in [2.24, 2.45) is 0 Å². The standard InChI is InChI=1S/C14H18O3S/c1-3-4-5-6-7-8-13-11-14(18(15,16)17)10-9-12(13)2/h9-11H,3-6H2,1-2H3,(H,15,16,17). The SMILES string of the molecule is CCCCCC#Cc1cc(S(=O)(=O)O)ccc1C. The van der Waals surface area contributed by atoms with E-state index in [2.05, 4.69) is 18.8 Å². The molecule has 0 heterocycles. The Balaban J connectivity index is 2.88. The minimum Gasteiger partial charge on any atom is -0.282 e. The van der Waals surface area contributed by atoms with Gasteiger partial charge < -0.3 is 0 Å². The van der Waals surface area contributed by atoms with Crippen molar-refractivity contribution in [3.05, 3.63) is 29.3 Å². The van der Waals surface area contributed by atoms with Crippen LogP contribution in [0.5, 0.6) is 0 Å². The van der Waals surface area contributed by atoms with Crippen molar-refractivity contribution >= 4 is 10.1 Å². The van der Waals surface area contributed by atoms with E-state index in [4.69, 9.17) is 4.55 Å². The third-order valence-corrected chi connectivity index (χ3v) is 3.48. The lowest BCUT2D eigenvalue weighted by atomic mass is 10.1. The van der Waals surface area contributed by atoms with Crippen LogP contribution in [0.2, 0.25) is 0 Å². The van der Waals surface area contributed by atoms with Crippen LogP contribution >= 0.6 is 0 Å². The van der Waals surface area contributed by atoms with Gasteiger partial charge in [0.15, 0.2) is 0 Å². The first kappa shape index (κ1) is 14.7. The topological polar surface area (TPSA) is 54.4 Å². The van der Waals surface area contributed by atoms with E-state index in [1.54, 1.807) is 6.07 Å². The molecule has 0 amide bonds. The van der Waals surface area contributed by atoms with Crippen LogP contribution in [0.15, 0.2) is 23.1 Å². The van der Waals surface area contributed by atoms with Crippen LogP contribution in [0, 0.1) is 18.8 Å². The molecule has 1 rings (SSSR count). The lowest BCUT2D eigenvalue weighted by Crippen LogP contribution is -1.99. The third-order valence-electron chi connectivity index (χ3n) is 2.64. The van der Waals surface area contributed by atoms with E-state index in [0.29, 0.717) is 5.56 Å². The van der Waals surface area contributed by atoms with Gasteiger partial charge in [-0.05, 0) is 31.0 Å². The number of unbranched alkanes of at least 4 members (excludes halogenated alkanes) is 3. The zero-order valence-corrected chi connectivity index (χ0v) is 11.5. The van der Waals surface area contributed by atoms with Crippen LogP contribution in [0.3, 0.4) is 0 Å². The maximum atomic E-state index is 11.0. The molecule has 1 aromatic carbocycles. The maximum absolute atomic E-state index is 11.0. The monoisotopic (exact) mass is 266 g/mol. The molecule has 3 nitrogen and oxygen atoms in total. The fourth-order valence-corrected chi connectivity index (χ4v) is 2.02. The second-order valence-electron chi connectivity index (χ2n) is 4.21. The molecule has 0 radical (unpaired) electrons. The van der Waals surface area contributed by atoms with E-state index in [1.165, 1.54) is 12.1 Å². The van der Waals surface area contributed by atoms with E-state index in [1.807, 2.05) is 6.92 Å². The summed E-state index contributed by atoms with van der Waals surface area (Å²) in [5, 5.41) is 0. The molecule has 1 N–H and O–H groups in total. The molecule has 0 aromatic heterocycles. The molecule has 0 bridgehead atoms. The largest absolute Gasteiger partial charge is 0.294 e. The first-order chi connectivity index (χ1) is 8.45. The lowest BCUT2D eigenvalue weighted by molar-refractivity contribution is 0.483. The molecular formula is C14H18O3S. The van der Waals surface area contributed by atoms with E-state index >= 15 is 0 Å². The Kier molecular flexibility index (Phi) is 5.39. The third kappa shape index (κ3) is 4.52. The van der Waals surface area contributed by atoms with E-state index in [9.17, 15) is 8.42 Å². The van der Waals surface area contributed by atoms with Gasteiger partial charge in [-0.1, -0.05) is 37.7 Å². The first-order valence-corrected chi connectivity index (χ1v) is 7.46. The minimum atomic E-state index is -4.15. The van der Waals surface area contributed by atoms with Crippen molar-refractivity contribution in [3.8, 4) is 11.8 Å². The fourth-order valence-electron chi connectivity index (χ4n) is 1.52. The predicted molar refractivity (Wildman–Crippen MR) is 72.0 cm³/mol. The molecule has 0 fully saturated rings. The molecule has 98 valence electrons. The van der Waals surface area contributed by atoms with Crippen molar-refractivity contribution in [2.75, 3.05) is 0 Å². The van der Waals surface area contributed by atoms with Gasteiger partial charge in [0.05, 0.1) is 4.90 Å². The highest BCUT2D eigenvalue weighted by Crippen LogP contribution is 2.14. The Hall–Kier alpha value is -1.31. The second-order valence-corrected chi connectivity index (χ2v) is 5.63. The van der Waals surface area contributed by atoms with E-state index in [-0.39, 0.29) is 4.90 Å². The van der Waals surface area contributed by atoms with Crippen LogP contribution in [0.4, 0.5) is 0 Å². The summed E-state index contributed by atoms with van der Waals surface area (Å²) in [4.78, 5) is -0.106. The zero-order valence-electron chi connectivity index (χ0n) is 10.7. The Morgan fingerprint density at radius 3 is 2.61 bits per heavy atom. The number of hydrogen-bond acceptors (Lipinski definition) is 2. The molecule has 0 spiro atoms.